The zero-order valence-electron chi connectivity index (χ0n) is 21.2. The molecule has 0 saturated heterocycles. The number of nitrogens with one attached hydrogen (secondary N) is 1. The molecule has 1 atom stereocenters. The normalized spacial score (nSPS) is 11.6. The number of rotatable bonds is 13. The Morgan fingerprint density at radius 1 is 0.917 bits per heavy atom. The third-order valence-corrected chi connectivity index (χ3v) is 7.09. The highest BCUT2D eigenvalue weighted by molar-refractivity contribution is 7.99. The summed E-state index contributed by atoms with van der Waals surface area (Å²) in [6, 6.07) is 26.0. The summed E-state index contributed by atoms with van der Waals surface area (Å²) in [5.74, 6) is -1.28. The summed E-state index contributed by atoms with van der Waals surface area (Å²) in [6.07, 6.45) is 4.33. The van der Waals surface area contributed by atoms with Crippen LogP contribution in [0.1, 0.15) is 56.6 Å². The third kappa shape index (κ3) is 8.16. The molecule has 2 N–H and O–H groups in total. The van der Waals surface area contributed by atoms with E-state index in [0.29, 0.717) is 19.5 Å². The Kier molecular flexibility index (Phi) is 10.9. The number of benzene rings is 3. The molecule has 0 radical (unpaired) electrons. The van der Waals surface area contributed by atoms with Crippen LogP contribution in [0.4, 0.5) is 10.5 Å². The molecular weight excluding hydrogens is 468 g/mol. The maximum atomic E-state index is 13.1. The van der Waals surface area contributed by atoms with Gasteiger partial charge in [-0.3, -0.25) is 9.69 Å². The SMILES string of the molecule is CCCCNC(=O)N(CCCc1ccccc1)c1cccc(Sc2ccc(C(CC)C(=O)O)cc2)c1. The van der Waals surface area contributed by atoms with E-state index in [2.05, 4.69) is 24.4 Å². The molecule has 6 heteroatoms. The lowest BCUT2D eigenvalue weighted by Crippen LogP contribution is -2.41. The molecule has 3 aromatic carbocycles. The van der Waals surface area contributed by atoms with E-state index in [4.69, 9.17) is 0 Å². The maximum Gasteiger partial charge on any atom is 0.321 e. The number of urea groups is 1. The van der Waals surface area contributed by atoms with Crippen LogP contribution in [0.5, 0.6) is 0 Å². The molecule has 0 aliphatic heterocycles. The van der Waals surface area contributed by atoms with Gasteiger partial charge in [-0.05, 0) is 67.1 Å². The Hall–Kier alpha value is -3.25. The van der Waals surface area contributed by atoms with Crippen LogP contribution in [0.15, 0.2) is 88.7 Å². The fourth-order valence-corrected chi connectivity index (χ4v) is 4.94. The molecule has 190 valence electrons. The quantitative estimate of drug-likeness (QED) is 0.239. The molecule has 3 aromatic rings. The monoisotopic (exact) mass is 504 g/mol. The Morgan fingerprint density at radius 3 is 2.33 bits per heavy atom. The largest absolute Gasteiger partial charge is 0.481 e. The second kappa shape index (κ2) is 14.3. The molecule has 0 fully saturated rings. The summed E-state index contributed by atoms with van der Waals surface area (Å²) in [6.45, 7) is 5.29. The molecule has 0 heterocycles. The predicted molar refractivity (Wildman–Crippen MR) is 148 cm³/mol. The number of amides is 2. The van der Waals surface area contributed by atoms with E-state index in [0.717, 1.165) is 46.7 Å². The Bertz CT molecular complexity index is 1100. The number of nitrogens with zero attached hydrogens (tertiary/aromatic N) is 1. The van der Waals surface area contributed by atoms with Gasteiger partial charge >= 0.3 is 12.0 Å². The van der Waals surface area contributed by atoms with Crippen molar-refractivity contribution in [3.05, 3.63) is 90.0 Å². The molecule has 0 aliphatic carbocycles. The van der Waals surface area contributed by atoms with Crippen LogP contribution in [0, 0.1) is 0 Å². The lowest BCUT2D eigenvalue weighted by molar-refractivity contribution is -0.138. The van der Waals surface area contributed by atoms with Gasteiger partial charge in [-0.15, -0.1) is 0 Å². The molecule has 1 unspecified atom stereocenters. The first-order valence-corrected chi connectivity index (χ1v) is 13.5. The van der Waals surface area contributed by atoms with Crippen molar-refractivity contribution >= 4 is 29.4 Å². The second-order valence-corrected chi connectivity index (χ2v) is 9.94. The van der Waals surface area contributed by atoms with Crippen LogP contribution >= 0.6 is 11.8 Å². The summed E-state index contributed by atoms with van der Waals surface area (Å²) >= 11 is 1.60. The zero-order valence-corrected chi connectivity index (χ0v) is 22.0. The molecule has 0 aromatic heterocycles. The van der Waals surface area contributed by atoms with Gasteiger partial charge < -0.3 is 10.4 Å². The van der Waals surface area contributed by atoms with Gasteiger partial charge in [0.15, 0.2) is 0 Å². The number of carboxylic acid groups (broad SMARTS) is 1. The molecule has 0 saturated carbocycles. The summed E-state index contributed by atoms with van der Waals surface area (Å²) < 4.78 is 0. The van der Waals surface area contributed by atoms with Crippen molar-refractivity contribution in [2.24, 2.45) is 0 Å². The number of anilines is 1. The number of hydrogen-bond acceptors (Lipinski definition) is 3. The number of carbonyl (C=O) groups excluding carboxylic acids is 1. The molecule has 0 bridgehead atoms. The number of aryl methyl sites for hydroxylation is 1. The first kappa shape index (κ1) is 27.3. The number of aliphatic carboxylic acids is 1. The number of carboxylic acids is 1. The predicted octanol–water partition coefficient (Wildman–Crippen LogP) is 7.36. The molecule has 36 heavy (non-hydrogen) atoms. The van der Waals surface area contributed by atoms with Gasteiger partial charge in [-0.1, -0.05) is 80.6 Å². The van der Waals surface area contributed by atoms with Crippen molar-refractivity contribution in [3.8, 4) is 0 Å². The molecule has 2 amide bonds. The van der Waals surface area contributed by atoms with Crippen molar-refractivity contribution in [1.82, 2.24) is 5.32 Å². The highest BCUT2D eigenvalue weighted by atomic mass is 32.2. The minimum atomic E-state index is -0.796. The zero-order chi connectivity index (χ0) is 25.8. The lowest BCUT2D eigenvalue weighted by atomic mass is 9.97. The average Bonchev–Trinajstić information content (AvgIpc) is 2.89. The molecular formula is C30H36N2O3S. The van der Waals surface area contributed by atoms with E-state index >= 15 is 0 Å². The average molecular weight is 505 g/mol. The van der Waals surface area contributed by atoms with Crippen molar-refractivity contribution in [1.29, 1.82) is 0 Å². The first-order chi connectivity index (χ1) is 17.5. The van der Waals surface area contributed by atoms with Crippen molar-refractivity contribution < 1.29 is 14.7 Å². The van der Waals surface area contributed by atoms with Crippen LogP contribution in [-0.2, 0) is 11.2 Å². The molecule has 5 nitrogen and oxygen atoms in total. The van der Waals surface area contributed by atoms with Gasteiger partial charge in [0.1, 0.15) is 0 Å². The van der Waals surface area contributed by atoms with E-state index in [1.807, 2.05) is 78.6 Å². The smallest absolute Gasteiger partial charge is 0.321 e. The Morgan fingerprint density at radius 2 is 1.67 bits per heavy atom. The summed E-state index contributed by atoms with van der Waals surface area (Å²) in [5.41, 5.74) is 2.96. The van der Waals surface area contributed by atoms with E-state index in [-0.39, 0.29) is 6.03 Å². The lowest BCUT2D eigenvalue weighted by Gasteiger charge is -2.24. The van der Waals surface area contributed by atoms with Gasteiger partial charge in [-0.2, -0.15) is 0 Å². The third-order valence-electron chi connectivity index (χ3n) is 6.10. The highest BCUT2D eigenvalue weighted by Crippen LogP contribution is 2.32. The fraction of sp³-hybridized carbons (Fsp3) is 0.333. The van der Waals surface area contributed by atoms with E-state index in [9.17, 15) is 14.7 Å². The van der Waals surface area contributed by atoms with Gasteiger partial charge in [-0.25, -0.2) is 4.79 Å². The maximum absolute atomic E-state index is 13.1. The summed E-state index contributed by atoms with van der Waals surface area (Å²) in [7, 11) is 0. The minimum absolute atomic E-state index is 0.0673. The number of unbranched alkanes of at least 4 members (excludes halogenated alkanes) is 1. The van der Waals surface area contributed by atoms with E-state index in [1.54, 1.807) is 11.8 Å². The van der Waals surface area contributed by atoms with Crippen LogP contribution in [0.25, 0.3) is 0 Å². The second-order valence-electron chi connectivity index (χ2n) is 8.79. The summed E-state index contributed by atoms with van der Waals surface area (Å²) in [5, 5.41) is 12.5. The van der Waals surface area contributed by atoms with E-state index in [1.165, 1.54) is 5.56 Å². The summed E-state index contributed by atoms with van der Waals surface area (Å²) in [4.78, 5) is 28.4. The first-order valence-electron chi connectivity index (χ1n) is 12.7. The molecule has 0 aliphatic rings. The Labute approximate surface area is 218 Å². The van der Waals surface area contributed by atoms with Crippen LogP contribution in [-0.4, -0.2) is 30.2 Å². The highest BCUT2D eigenvalue weighted by Gasteiger charge is 2.18. The van der Waals surface area contributed by atoms with Gasteiger partial charge in [0.2, 0.25) is 0 Å². The Balaban J connectivity index is 1.72. The van der Waals surface area contributed by atoms with Gasteiger partial charge in [0, 0.05) is 28.6 Å². The van der Waals surface area contributed by atoms with Crippen LogP contribution < -0.4 is 10.2 Å². The number of carbonyl (C=O) groups is 2. The van der Waals surface area contributed by atoms with E-state index < -0.39 is 11.9 Å². The molecule has 3 rings (SSSR count). The standard InChI is InChI=1S/C30H36N2O3S/c1-3-5-20-31-30(35)32(21-10-13-23-11-7-6-8-12-23)25-14-9-15-27(22-25)36-26-18-16-24(17-19-26)28(4-2)29(33)34/h6-9,11-12,14-19,22,28H,3-5,10,13,20-21H2,1-2H3,(H,31,35)(H,33,34). The minimum Gasteiger partial charge on any atom is -0.481 e. The van der Waals surface area contributed by atoms with Crippen LogP contribution in [0.3, 0.4) is 0 Å². The van der Waals surface area contributed by atoms with Crippen molar-refractivity contribution in [3.63, 3.8) is 0 Å². The van der Waals surface area contributed by atoms with Crippen molar-refractivity contribution in [2.75, 3.05) is 18.0 Å². The van der Waals surface area contributed by atoms with Gasteiger partial charge in [0.05, 0.1) is 5.92 Å². The molecule has 0 spiro atoms. The van der Waals surface area contributed by atoms with Crippen molar-refractivity contribution in [2.45, 2.75) is 61.7 Å². The fourth-order valence-electron chi connectivity index (χ4n) is 4.07. The van der Waals surface area contributed by atoms with Crippen LogP contribution in [0.2, 0.25) is 0 Å². The topological polar surface area (TPSA) is 69.6 Å². The van der Waals surface area contributed by atoms with Gasteiger partial charge in [0.25, 0.3) is 0 Å². The number of hydrogen-bond donors (Lipinski definition) is 2.